The molecule has 3 rings (SSSR count). The van der Waals surface area contributed by atoms with Crippen LogP contribution in [0.2, 0.25) is 0 Å². The maximum Gasteiger partial charge on any atom is 0.252 e. The van der Waals surface area contributed by atoms with E-state index in [0.717, 1.165) is 6.07 Å². The summed E-state index contributed by atoms with van der Waals surface area (Å²) in [6.45, 7) is 2.09. The Labute approximate surface area is 154 Å². The van der Waals surface area contributed by atoms with Crippen LogP contribution in [0, 0.1) is 5.82 Å². The van der Waals surface area contributed by atoms with Gasteiger partial charge in [0.1, 0.15) is 5.82 Å². The molecule has 140 valence electrons. The zero-order valence-corrected chi connectivity index (χ0v) is 14.6. The van der Waals surface area contributed by atoms with Gasteiger partial charge in [-0.25, -0.2) is 9.37 Å². The van der Waals surface area contributed by atoms with Gasteiger partial charge >= 0.3 is 0 Å². The summed E-state index contributed by atoms with van der Waals surface area (Å²) < 4.78 is 14.2. The Morgan fingerprint density at radius 1 is 1.26 bits per heavy atom. The molecule has 0 aliphatic heterocycles. The number of hydrogen-bond donors (Lipinski definition) is 4. The summed E-state index contributed by atoms with van der Waals surface area (Å²) in [6, 6.07) is 7.96. The predicted molar refractivity (Wildman–Crippen MR) is 99.5 cm³/mol. The van der Waals surface area contributed by atoms with Crippen LogP contribution in [-0.2, 0) is 0 Å². The Morgan fingerprint density at radius 2 is 2.00 bits per heavy atom. The summed E-state index contributed by atoms with van der Waals surface area (Å²) in [5, 5.41) is 13.9. The number of amides is 1. The number of halogens is 1. The van der Waals surface area contributed by atoms with Crippen molar-refractivity contribution in [1.29, 1.82) is 0 Å². The molecule has 0 fully saturated rings. The molecule has 1 aromatic carbocycles. The quantitative estimate of drug-likeness (QED) is 0.493. The van der Waals surface area contributed by atoms with Gasteiger partial charge in [-0.05, 0) is 31.2 Å². The number of benzene rings is 1. The molecule has 0 bridgehead atoms. The molecular weight excluding hydrogens is 351 g/mol. The van der Waals surface area contributed by atoms with E-state index in [1.807, 2.05) is 6.07 Å². The number of nitrogens with two attached hydrogens (primary N) is 2. The SMILES string of the molecule is CC(N)CNc1nc(Nc2cccc(-n3nccn3)c2)c(C(N)=O)cc1F. The third-order valence-electron chi connectivity index (χ3n) is 3.59. The molecular formula is C17H19FN8O. The fraction of sp³-hybridized carbons (Fsp3) is 0.176. The lowest BCUT2D eigenvalue weighted by Gasteiger charge is -2.14. The number of pyridine rings is 1. The molecule has 10 heteroatoms. The summed E-state index contributed by atoms with van der Waals surface area (Å²) in [5.74, 6) is -1.39. The number of primary amides is 1. The van der Waals surface area contributed by atoms with E-state index < -0.39 is 11.7 Å². The molecule has 0 saturated heterocycles. The third-order valence-corrected chi connectivity index (χ3v) is 3.59. The maximum atomic E-state index is 14.2. The second-order valence-electron chi connectivity index (χ2n) is 5.93. The van der Waals surface area contributed by atoms with Crippen LogP contribution in [0.25, 0.3) is 5.69 Å². The molecule has 6 N–H and O–H groups in total. The zero-order chi connectivity index (χ0) is 19.4. The Balaban J connectivity index is 1.94. The van der Waals surface area contributed by atoms with Gasteiger partial charge in [0.15, 0.2) is 11.6 Å². The van der Waals surface area contributed by atoms with Crippen LogP contribution in [0.5, 0.6) is 0 Å². The molecule has 0 saturated carbocycles. The van der Waals surface area contributed by atoms with Gasteiger partial charge in [-0.1, -0.05) is 6.07 Å². The summed E-state index contributed by atoms with van der Waals surface area (Å²) in [6.07, 6.45) is 3.12. The van der Waals surface area contributed by atoms with Gasteiger partial charge in [-0.3, -0.25) is 4.79 Å². The smallest absolute Gasteiger partial charge is 0.252 e. The van der Waals surface area contributed by atoms with Gasteiger partial charge < -0.3 is 22.1 Å². The highest BCUT2D eigenvalue weighted by Gasteiger charge is 2.16. The Hall–Kier alpha value is -3.53. The number of hydrogen-bond acceptors (Lipinski definition) is 7. The minimum absolute atomic E-state index is 0.0234. The van der Waals surface area contributed by atoms with E-state index in [9.17, 15) is 9.18 Å². The molecule has 27 heavy (non-hydrogen) atoms. The van der Waals surface area contributed by atoms with Crippen LogP contribution in [0.15, 0.2) is 42.7 Å². The van der Waals surface area contributed by atoms with Crippen LogP contribution in [-0.4, -0.2) is 38.5 Å². The standard InChI is InChI=1S/C17H19FN8O/c1-10(19)9-21-17-14(18)8-13(15(20)27)16(25-17)24-11-3-2-4-12(7-11)26-22-5-6-23-26/h2-8,10H,9,19H2,1H3,(H2,20,27)(H2,21,24,25). The lowest BCUT2D eigenvalue weighted by molar-refractivity contribution is 0.100. The van der Waals surface area contributed by atoms with E-state index in [2.05, 4.69) is 25.8 Å². The van der Waals surface area contributed by atoms with E-state index in [4.69, 9.17) is 11.5 Å². The molecule has 1 unspecified atom stereocenters. The van der Waals surface area contributed by atoms with Crippen LogP contribution in [0.1, 0.15) is 17.3 Å². The van der Waals surface area contributed by atoms with Gasteiger partial charge in [0.05, 0.1) is 23.6 Å². The van der Waals surface area contributed by atoms with E-state index in [1.165, 1.54) is 4.80 Å². The molecule has 0 aliphatic rings. The van der Waals surface area contributed by atoms with Crippen molar-refractivity contribution < 1.29 is 9.18 Å². The Morgan fingerprint density at radius 3 is 2.67 bits per heavy atom. The van der Waals surface area contributed by atoms with Crippen molar-refractivity contribution >= 4 is 23.2 Å². The maximum absolute atomic E-state index is 14.2. The first-order valence-electron chi connectivity index (χ1n) is 8.17. The molecule has 0 radical (unpaired) electrons. The van der Waals surface area contributed by atoms with Crippen molar-refractivity contribution in [1.82, 2.24) is 20.0 Å². The number of carbonyl (C=O) groups is 1. The number of anilines is 3. The second kappa shape index (κ2) is 7.79. The van der Waals surface area contributed by atoms with Crippen molar-refractivity contribution in [3.8, 4) is 5.69 Å². The number of nitrogens with zero attached hydrogens (tertiary/aromatic N) is 4. The summed E-state index contributed by atoms with van der Waals surface area (Å²) in [4.78, 5) is 17.3. The fourth-order valence-electron chi connectivity index (χ4n) is 2.35. The van der Waals surface area contributed by atoms with Crippen molar-refractivity contribution in [2.75, 3.05) is 17.2 Å². The first-order chi connectivity index (χ1) is 12.9. The summed E-state index contributed by atoms with van der Waals surface area (Å²) in [7, 11) is 0. The number of aromatic nitrogens is 4. The minimum Gasteiger partial charge on any atom is -0.366 e. The van der Waals surface area contributed by atoms with Crippen LogP contribution in [0.3, 0.4) is 0 Å². The lowest BCUT2D eigenvalue weighted by Crippen LogP contribution is -2.26. The van der Waals surface area contributed by atoms with Crippen molar-refractivity contribution in [2.24, 2.45) is 11.5 Å². The van der Waals surface area contributed by atoms with Crippen molar-refractivity contribution in [3.05, 3.63) is 54.1 Å². The van der Waals surface area contributed by atoms with Crippen LogP contribution in [0.4, 0.5) is 21.7 Å². The van der Waals surface area contributed by atoms with Crippen molar-refractivity contribution in [2.45, 2.75) is 13.0 Å². The Kier molecular flexibility index (Phi) is 5.27. The predicted octanol–water partition coefficient (Wildman–Crippen LogP) is 1.40. The minimum atomic E-state index is -0.799. The highest BCUT2D eigenvalue weighted by Crippen LogP contribution is 2.24. The number of nitrogens with one attached hydrogen (secondary N) is 2. The van der Waals surface area contributed by atoms with Gasteiger partial charge in [-0.2, -0.15) is 15.0 Å². The molecule has 0 aliphatic carbocycles. The summed E-state index contributed by atoms with van der Waals surface area (Å²) in [5.41, 5.74) is 12.3. The van der Waals surface area contributed by atoms with E-state index >= 15 is 0 Å². The molecule has 2 aromatic heterocycles. The third kappa shape index (κ3) is 4.36. The Bertz CT molecular complexity index is 942. The zero-order valence-electron chi connectivity index (χ0n) is 14.6. The molecule has 2 heterocycles. The second-order valence-corrected chi connectivity index (χ2v) is 5.93. The monoisotopic (exact) mass is 370 g/mol. The van der Waals surface area contributed by atoms with Gasteiger partial charge in [-0.15, -0.1) is 0 Å². The normalized spacial score (nSPS) is 11.8. The topological polar surface area (TPSA) is 137 Å². The first-order valence-corrected chi connectivity index (χ1v) is 8.17. The van der Waals surface area contributed by atoms with E-state index in [-0.39, 0.29) is 23.2 Å². The van der Waals surface area contributed by atoms with E-state index in [0.29, 0.717) is 17.9 Å². The molecule has 3 aromatic rings. The van der Waals surface area contributed by atoms with Crippen molar-refractivity contribution in [3.63, 3.8) is 0 Å². The van der Waals surface area contributed by atoms with Crippen LogP contribution < -0.4 is 22.1 Å². The van der Waals surface area contributed by atoms with Crippen LogP contribution >= 0.6 is 0 Å². The highest BCUT2D eigenvalue weighted by atomic mass is 19.1. The largest absolute Gasteiger partial charge is 0.366 e. The molecule has 9 nitrogen and oxygen atoms in total. The molecule has 0 spiro atoms. The number of rotatable bonds is 7. The first kappa shape index (κ1) is 18.3. The average Bonchev–Trinajstić information content (AvgIpc) is 3.16. The van der Waals surface area contributed by atoms with Gasteiger partial charge in [0.25, 0.3) is 5.91 Å². The van der Waals surface area contributed by atoms with Gasteiger partial charge in [0, 0.05) is 18.3 Å². The molecule has 1 atom stereocenters. The highest BCUT2D eigenvalue weighted by molar-refractivity contribution is 5.98. The summed E-state index contributed by atoms with van der Waals surface area (Å²) >= 11 is 0. The number of carbonyl (C=O) groups excluding carboxylic acids is 1. The fourth-order valence-corrected chi connectivity index (χ4v) is 2.35. The molecule has 1 amide bonds. The average molecular weight is 370 g/mol. The van der Waals surface area contributed by atoms with E-state index in [1.54, 1.807) is 37.5 Å². The van der Waals surface area contributed by atoms with Gasteiger partial charge in [0.2, 0.25) is 0 Å². The lowest BCUT2D eigenvalue weighted by atomic mass is 10.2.